The van der Waals surface area contributed by atoms with Crippen molar-refractivity contribution in [3.8, 4) is 0 Å². The number of nitrogens with zero attached hydrogens (tertiary/aromatic N) is 2. The van der Waals surface area contributed by atoms with E-state index >= 15 is 0 Å². The summed E-state index contributed by atoms with van der Waals surface area (Å²) in [6, 6.07) is 0. The minimum atomic E-state index is -0.264. The van der Waals surface area contributed by atoms with Crippen molar-refractivity contribution < 1.29 is 4.79 Å². The van der Waals surface area contributed by atoms with Crippen molar-refractivity contribution in [2.45, 2.75) is 114 Å². The number of Topliss-reactive ketones (excluding diaryl/α,β-unsaturated/α-hetero) is 1. The summed E-state index contributed by atoms with van der Waals surface area (Å²) in [5.74, 6) is 0.492. The maximum absolute atomic E-state index is 12.6. The summed E-state index contributed by atoms with van der Waals surface area (Å²) in [5.41, 5.74) is 0.372. The Labute approximate surface area is 177 Å². The lowest BCUT2D eigenvalue weighted by Crippen LogP contribution is -2.60. The Hall–Kier alpha value is -0.410. The van der Waals surface area contributed by atoms with Gasteiger partial charge in [0.2, 0.25) is 0 Å². The average Bonchev–Trinajstić information content (AvgIpc) is 2.53. The second kappa shape index (κ2) is 10.1. The normalized spacial score (nSPS) is 18.1. The summed E-state index contributed by atoms with van der Waals surface area (Å²) < 4.78 is 0. The molecule has 1 fully saturated rings. The lowest BCUT2D eigenvalue weighted by Gasteiger charge is -2.51. The highest BCUT2D eigenvalue weighted by Crippen LogP contribution is 2.36. The minimum absolute atomic E-state index is 0.0499. The number of rotatable bonds is 7. The van der Waals surface area contributed by atoms with E-state index in [0.717, 1.165) is 32.6 Å². The van der Waals surface area contributed by atoms with Crippen LogP contribution < -0.4 is 0 Å². The molecule has 0 unspecified atom stereocenters. The molecule has 0 spiro atoms. The van der Waals surface area contributed by atoms with Gasteiger partial charge in [-0.2, -0.15) is 0 Å². The molecule has 1 heterocycles. The van der Waals surface area contributed by atoms with Gasteiger partial charge in [0.1, 0.15) is 5.78 Å². The highest BCUT2D eigenvalue weighted by atomic mass is 16.1. The first-order valence-electron chi connectivity index (χ1n) is 11.5. The van der Waals surface area contributed by atoms with Crippen molar-refractivity contribution in [3.63, 3.8) is 0 Å². The summed E-state index contributed by atoms with van der Waals surface area (Å²) in [6.45, 7) is 33.1. The van der Waals surface area contributed by atoms with Crippen molar-refractivity contribution >= 4 is 5.78 Å². The molecule has 1 rings (SSSR count). The van der Waals surface area contributed by atoms with Crippen molar-refractivity contribution in [1.29, 1.82) is 0 Å². The van der Waals surface area contributed by atoms with E-state index in [1.165, 1.54) is 6.42 Å². The van der Waals surface area contributed by atoms with Gasteiger partial charge in [-0.3, -0.25) is 14.6 Å². The van der Waals surface area contributed by atoms with Gasteiger partial charge in [-0.25, -0.2) is 0 Å². The summed E-state index contributed by atoms with van der Waals surface area (Å²) in [7, 11) is 0. The SMILES string of the molecule is CC.CC(C)C(=O)C(C)(C)CC(C)(C)N1CCN(C(C)(C)CC(C)(C)C)CC1. The van der Waals surface area contributed by atoms with Gasteiger partial charge >= 0.3 is 0 Å². The van der Waals surface area contributed by atoms with Crippen LogP contribution >= 0.6 is 0 Å². The molecule has 0 aliphatic carbocycles. The highest BCUT2D eigenvalue weighted by molar-refractivity contribution is 5.85. The fraction of sp³-hybridized carbons (Fsp3) is 0.960. The minimum Gasteiger partial charge on any atom is -0.299 e. The molecule has 0 aromatic rings. The number of carbonyl (C=O) groups excluding carboxylic acids is 1. The van der Waals surface area contributed by atoms with Gasteiger partial charge in [-0.15, -0.1) is 0 Å². The first kappa shape index (κ1) is 27.6. The van der Waals surface area contributed by atoms with Gasteiger partial charge in [0.05, 0.1) is 0 Å². The molecule has 28 heavy (non-hydrogen) atoms. The molecule has 0 N–H and O–H groups in total. The zero-order valence-corrected chi connectivity index (χ0v) is 21.6. The van der Waals surface area contributed by atoms with Crippen molar-refractivity contribution in [2.24, 2.45) is 16.7 Å². The molecule has 0 amide bonds. The van der Waals surface area contributed by atoms with E-state index in [0.29, 0.717) is 11.2 Å². The maximum atomic E-state index is 12.6. The van der Waals surface area contributed by atoms with E-state index in [9.17, 15) is 4.79 Å². The predicted octanol–water partition coefficient (Wildman–Crippen LogP) is 6.27. The molecule has 0 bridgehead atoms. The van der Waals surface area contributed by atoms with Crippen LogP contribution in [0.15, 0.2) is 0 Å². The highest BCUT2D eigenvalue weighted by Gasteiger charge is 2.41. The Bertz CT molecular complexity index is 475. The Balaban J connectivity index is 0.00000352. The molecule has 3 nitrogen and oxygen atoms in total. The molecule has 3 heteroatoms. The molecule has 1 aliphatic heterocycles. The average molecular weight is 397 g/mol. The van der Waals surface area contributed by atoms with Gasteiger partial charge in [0, 0.05) is 48.6 Å². The van der Waals surface area contributed by atoms with Crippen LogP contribution in [0.3, 0.4) is 0 Å². The van der Waals surface area contributed by atoms with E-state index in [1.807, 2.05) is 27.7 Å². The monoisotopic (exact) mass is 396 g/mol. The van der Waals surface area contributed by atoms with Crippen molar-refractivity contribution in [2.75, 3.05) is 26.2 Å². The third kappa shape index (κ3) is 8.14. The van der Waals surface area contributed by atoms with Crippen LogP contribution in [0.1, 0.15) is 103 Å². The number of hydrogen-bond acceptors (Lipinski definition) is 3. The van der Waals surface area contributed by atoms with Crippen LogP contribution in [0, 0.1) is 16.7 Å². The lowest BCUT2D eigenvalue weighted by atomic mass is 9.73. The molecule has 1 aliphatic rings. The quantitative estimate of drug-likeness (QED) is 0.507. The zero-order chi connectivity index (χ0) is 22.6. The molecular formula is C25H52N2O. The topological polar surface area (TPSA) is 23.6 Å². The van der Waals surface area contributed by atoms with Crippen LogP contribution in [0.5, 0.6) is 0 Å². The first-order chi connectivity index (χ1) is 12.5. The molecule has 1 saturated heterocycles. The van der Waals surface area contributed by atoms with Gasteiger partial charge in [0.25, 0.3) is 0 Å². The Morgan fingerprint density at radius 2 is 1.04 bits per heavy atom. The van der Waals surface area contributed by atoms with Crippen LogP contribution in [-0.2, 0) is 4.79 Å². The third-order valence-corrected chi connectivity index (χ3v) is 6.02. The predicted molar refractivity (Wildman–Crippen MR) is 125 cm³/mol. The van der Waals surface area contributed by atoms with Gasteiger partial charge in [0.15, 0.2) is 0 Å². The third-order valence-electron chi connectivity index (χ3n) is 6.02. The standard InChI is InChI=1S/C23H46N2O.C2H6/c1-18(2)19(26)21(6,7)17-23(10,11)25-14-12-24(13-15-25)22(8,9)16-20(3,4)5;1-2/h18H,12-17H2,1-11H3;1-2H3. The van der Waals surface area contributed by atoms with E-state index in [-0.39, 0.29) is 22.4 Å². The molecule has 0 saturated carbocycles. The Morgan fingerprint density at radius 3 is 1.32 bits per heavy atom. The lowest BCUT2D eigenvalue weighted by molar-refractivity contribution is -0.132. The van der Waals surface area contributed by atoms with E-state index < -0.39 is 0 Å². The first-order valence-corrected chi connectivity index (χ1v) is 11.5. The second-order valence-corrected chi connectivity index (χ2v) is 11.9. The van der Waals surface area contributed by atoms with Crippen LogP contribution in [-0.4, -0.2) is 52.8 Å². The Kier molecular flexibility index (Phi) is 9.92. The molecular weight excluding hydrogens is 344 g/mol. The van der Waals surface area contributed by atoms with Crippen LogP contribution in [0.4, 0.5) is 0 Å². The largest absolute Gasteiger partial charge is 0.299 e. The van der Waals surface area contributed by atoms with E-state index in [2.05, 4.69) is 72.1 Å². The van der Waals surface area contributed by atoms with Gasteiger partial charge < -0.3 is 0 Å². The number of carbonyl (C=O) groups is 1. The summed E-state index contributed by atoms with van der Waals surface area (Å²) in [5, 5.41) is 0. The van der Waals surface area contributed by atoms with Gasteiger partial charge in [-0.1, -0.05) is 62.3 Å². The maximum Gasteiger partial charge on any atom is 0.141 e. The second-order valence-electron chi connectivity index (χ2n) is 11.9. The summed E-state index contributed by atoms with van der Waals surface area (Å²) >= 11 is 0. The summed E-state index contributed by atoms with van der Waals surface area (Å²) in [4.78, 5) is 17.9. The number of piperazine rings is 1. The van der Waals surface area contributed by atoms with Crippen molar-refractivity contribution in [1.82, 2.24) is 9.80 Å². The van der Waals surface area contributed by atoms with Crippen LogP contribution in [0.25, 0.3) is 0 Å². The molecule has 0 aromatic carbocycles. The molecule has 0 radical (unpaired) electrons. The smallest absolute Gasteiger partial charge is 0.141 e. The Morgan fingerprint density at radius 1 is 0.714 bits per heavy atom. The molecule has 0 aromatic heterocycles. The fourth-order valence-electron chi connectivity index (χ4n) is 5.39. The van der Waals surface area contributed by atoms with Gasteiger partial charge in [-0.05, 0) is 46.0 Å². The molecule has 0 atom stereocenters. The van der Waals surface area contributed by atoms with Crippen LogP contribution in [0.2, 0.25) is 0 Å². The molecule has 168 valence electrons. The fourth-order valence-corrected chi connectivity index (χ4v) is 5.39. The van der Waals surface area contributed by atoms with E-state index in [1.54, 1.807) is 0 Å². The number of hydrogen-bond donors (Lipinski definition) is 0. The van der Waals surface area contributed by atoms with E-state index in [4.69, 9.17) is 0 Å². The summed E-state index contributed by atoms with van der Waals surface area (Å²) in [6.07, 6.45) is 2.13. The van der Waals surface area contributed by atoms with Crippen molar-refractivity contribution in [3.05, 3.63) is 0 Å². The zero-order valence-electron chi connectivity index (χ0n) is 21.6. The number of ketones is 1.